The van der Waals surface area contributed by atoms with Crippen molar-refractivity contribution in [3.63, 3.8) is 0 Å². The normalized spacial score (nSPS) is 9.38. The smallest absolute Gasteiger partial charge is 0.108 e. The summed E-state index contributed by atoms with van der Waals surface area (Å²) in [5, 5.41) is 2.84. The van der Waals surface area contributed by atoms with Crippen molar-refractivity contribution in [2.45, 2.75) is 0 Å². The van der Waals surface area contributed by atoms with E-state index in [0.29, 0.717) is 17.4 Å². The SMILES string of the molecule is Cl.O=Nc1ccc(N(CCCl)CCCl)cc1. The molecule has 0 N–H and O–H groups in total. The molecule has 1 rings (SSSR count). The van der Waals surface area contributed by atoms with Gasteiger partial charge in [0.05, 0.1) is 0 Å². The van der Waals surface area contributed by atoms with Crippen LogP contribution in [0.25, 0.3) is 0 Å². The van der Waals surface area contributed by atoms with Crippen LogP contribution < -0.4 is 4.90 Å². The first-order chi connectivity index (χ1) is 7.31. The lowest BCUT2D eigenvalue weighted by Gasteiger charge is -2.22. The molecule has 6 heteroatoms. The molecule has 16 heavy (non-hydrogen) atoms. The molecule has 0 radical (unpaired) electrons. The quantitative estimate of drug-likeness (QED) is 0.588. The van der Waals surface area contributed by atoms with Crippen LogP contribution in [0.15, 0.2) is 29.4 Å². The van der Waals surface area contributed by atoms with Gasteiger partial charge in [-0.05, 0) is 29.4 Å². The molecule has 0 spiro atoms. The minimum Gasteiger partial charge on any atom is -0.369 e. The fraction of sp³-hybridized carbons (Fsp3) is 0.400. The first kappa shape index (κ1) is 15.5. The highest BCUT2D eigenvalue weighted by molar-refractivity contribution is 6.18. The van der Waals surface area contributed by atoms with Crippen molar-refractivity contribution in [2.75, 3.05) is 29.7 Å². The van der Waals surface area contributed by atoms with Gasteiger partial charge in [-0.15, -0.1) is 40.5 Å². The van der Waals surface area contributed by atoms with E-state index in [9.17, 15) is 4.91 Å². The zero-order chi connectivity index (χ0) is 11.1. The average molecular weight is 284 g/mol. The molecule has 0 saturated heterocycles. The van der Waals surface area contributed by atoms with Gasteiger partial charge in [-0.2, -0.15) is 0 Å². The zero-order valence-electron chi connectivity index (χ0n) is 8.60. The number of nitrogens with zero attached hydrogens (tertiary/aromatic N) is 2. The van der Waals surface area contributed by atoms with Crippen molar-refractivity contribution in [2.24, 2.45) is 5.18 Å². The molecule has 0 aliphatic heterocycles. The predicted molar refractivity (Wildman–Crippen MR) is 72.8 cm³/mol. The van der Waals surface area contributed by atoms with E-state index in [0.717, 1.165) is 18.8 Å². The van der Waals surface area contributed by atoms with Gasteiger partial charge in [0.1, 0.15) is 5.69 Å². The minimum atomic E-state index is 0. The lowest BCUT2D eigenvalue weighted by Crippen LogP contribution is -2.27. The van der Waals surface area contributed by atoms with E-state index in [1.54, 1.807) is 12.1 Å². The van der Waals surface area contributed by atoms with Crippen LogP contribution in [0.2, 0.25) is 0 Å². The fourth-order valence-corrected chi connectivity index (χ4v) is 1.71. The monoisotopic (exact) mass is 282 g/mol. The summed E-state index contributed by atoms with van der Waals surface area (Å²) in [6.45, 7) is 1.48. The number of anilines is 1. The van der Waals surface area contributed by atoms with Crippen LogP contribution in [0.1, 0.15) is 0 Å². The Morgan fingerprint density at radius 2 is 1.56 bits per heavy atom. The lowest BCUT2D eigenvalue weighted by atomic mass is 10.2. The van der Waals surface area contributed by atoms with Gasteiger partial charge in [0.2, 0.25) is 0 Å². The Morgan fingerprint density at radius 1 is 1.06 bits per heavy atom. The van der Waals surface area contributed by atoms with E-state index in [4.69, 9.17) is 23.2 Å². The maximum atomic E-state index is 10.2. The molecular weight excluding hydrogens is 270 g/mol. The van der Waals surface area contributed by atoms with Gasteiger partial charge in [0.15, 0.2) is 0 Å². The van der Waals surface area contributed by atoms with Crippen molar-refractivity contribution in [1.82, 2.24) is 0 Å². The molecule has 0 saturated carbocycles. The number of halogens is 3. The number of alkyl halides is 2. The largest absolute Gasteiger partial charge is 0.369 e. The van der Waals surface area contributed by atoms with E-state index >= 15 is 0 Å². The van der Waals surface area contributed by atoms with Gasteiger partial charge < -0.3 is 4.90 Å². The van der Waals surface area contributed by atoms with Crippen LogP contribution >= 0.6 is 35.6 Å². The predicted octanol–water partition coefficient (Wildman–Crippen LogP) is 3.79. The Kier molecular flexibility index (Phi) is 8.35. The molecular formula is C10H13Cl3N2O. The summed E-state index contributed by atoms with van der Waals surface area (Å²) < 4.78 is 0. The molecule has 0 atom stereocenters. The third-order valence-electron chi connectivity index (χ3n) is 2.03. The summed E-state index contributed by atoms with van der Waals surface area (Å²) in [5.74, 6) is 1.09. The van der Waals surface area contributed by atoms with Crippen LogP contribution in [-0.2, 0) is 0 Å². The highest BCUT2D eigenvalue weighted by Crippen LogP contribution is 2.19. The Hall–Kier alpha value is -0.510. The van der Waals surface area contributed by atoms with Crippen LogP contribution in [-0.4, -0.2) is 24.8 Å². The van der Waals surface area contributed by atoms with E-state index in [1.807, 2.05) is 12.1 Å². The van der Waals surface area contributed by atoms with Gasteiger partial charge in [-0.1, -0.05) is 0 Å². The molecule has 0 amide bonds. The van der Waals surface area contributed by atoms with Crippen molar-refractivity contribution < 1.29 is 0 Å². The Labute approximate surface area is 111 Å². The van der Waals surface area contributed by atoms with E-state index in [1.165, 1.54) is 0 Å². The zero-order valence-corrected chi connectivity index (χ0v) is 10.9. The molecule has 90 valence electrons. The van der Waals surface area contributed by atoms with E-state index in [2.05, 4.69) is 10.1 Å². The first-order valence-electron chi connectivity index (χ1n) is 4.62. The van der Waals surface area contributed by atoms with Gasteiger partial charge >= 0.3 is 0 Å². The molecule has 0 fully saturated rings. The van der Waals surface area contributed by atoms with E-state index in [-0.39, 0.29) is 12.4 Å². The van der Waals surface area contributed by atoms with Crippen LogP contribution in [0.4, 0.5) is 11.4 Å². The molecule has 0 aromatic heterocycles. The Balaban J connectivity index is 0.00000225. The Bertz CT molecular complexity index is 299. The number of rotatable bonds is 6. The molecule has 3 nitrogen and oxygen atoms in total. The number of nitroso groups, excluding NO2 is 1. The number of benzene rings is 1. The van der Waals surface area contributed by atoms with Crippen molar-refractivity contribution >= 4 is 47.0 Å². The molecule has 0 aliphatic rings. The number of hydrogen-bond acceptors (Lipinski definition) is 3. The number of hydrogen-bond donors (Lipinski definition) is 0. The minimum absolute atomic E-state index is 0. The van der Waals surface area contributed by atoms with Crippen molar-refractivity contribution in [1.29, 1.82) is 0 Å². The highest BCUT2D eigenvalue weighted by Gasteiger charge is 2.04. The van der Waals surface area contributed by atoms with Crippen LogP contribution in [0.3, 0.4) is 0 Å². The molecule has 1 aromatic rings. The van der Waals surface area contributed by atoms with Crippen LogP contribution in [0, 0.1) is 4.91 Å². The second kappa shape index (κ2) is 8.62. The summed E-state index contributed by atoms with van der Waals surface area (Å²) >= 11 is 11.4. The van der Waals surface area contributed by atoms with Gasteiger partial charge in [0.25, 0.3) is 0 Å². The molecule has 0 aliphatic carbocycles. The Morgan fingerprint density at radius 3 is 1.94 bits per heavy atom. The third kappa shape index (κ3) is 4.56. The van der Waals surface area contributed by atoms with Gasteiger partial charge in [-0.25, -0.2) is 0 Å². The highest BCUT2D eigenvalue weighted by atomic mass is 35.5. The molecule has 0 heterocycles. The van der Waals surface area contributed by atoms with Crippen molar-refractivity contribution in [3.8, 4) is 0 Å². The third-order valence-corrected chi connectivity index (χ3v) is 2.37. The maximum Gasteiger partial charge on any atom is 0.108 e. The first-order valence-corrected chi connectivity index (χ1v) is 5.69. The van der Waals surface area contributed by atoms with Gasteiger partial charge in [0, 0.05) is 30.5 Å². The topological polar surface area (TPSA) is 32.7 Å². The summed E-state index contributed by atoms with van der Waals surface area (Å²) in [5.41, 5.74) is 1.43. The summed E-state index contributed by atoms with van der Waals surface area (Å²) in [6, 6.07) is 7.04. The second-order valence-electron chi connectivity index (χ2n) is 2.97. The van der Waals surface area contributed by atoms with Gasteiger partial charge in [-0.3, -0.25) is 0 Å². The second-order valence-corrected chi connectivity index (χ2v) is 3.73. The molecule has 0 unspecified atom stereocenters. The molecule has 1 aromatic carbocycles. The van der Waals surface area contributed by atoms with Crippen molar-refractivity contribution in [3.05, 3.63) is 29.2 Å². The molecule has 0 bridgehead atoms. The van der Waals surface area contributed by atoms with Crippen LogP contribution in [0.5, 0.6) is 0 Å². The summed E-state index contributed by atoms with van der Waals surface area (Å²) in [7, 11) is 0. The average Bonchev–Trinajstić information content (AvgIpc) is 2.29. The summed E-state index contributed by atoms with van der Waals surface area (Å²) in [6.07, 6.45) is 0. The van der Waals surface area contributed by atoms with E-state index < -0.39 is 0 Å². The lowest BCUT2D eigenvalue weighted by molar-refractivity contribution is 0.874. The summed E-state index contributed by atoms with van der Waals surface area (Å²) in [4.78, 5) is 12.3. The fourth-order valence-electron chi connectivity index (χ4n) is 1.30. The standard InChI is InChI=1S/C10H12Cl2N2O.ClH/c11-5-7-14(8-6-12)10-3-1-9(13-15)2-4-10;/h1-4H,5-8H2;1H. The maximum absolute atomic E-state index is 10.2.